The number of hydrogen-bond acceptors (Lipinski definition) is 6. The van der Waals surface area contributed by atoms with Gasteiger partial charge in [0.2, 0.25) is 0 Å². The lowest BCUT2D eigenvalue weighted by molar-refractivity contribution is -0.384. The number of rotatable bonds is 6. The number of hydrogen-bond donors (Lipinski definition) is 0. The van der Waals surface area contributed by atoms with Gasteiger partial charge in [-0.3, -0.25) is 15.0 Å². The van der Waals surface area contributed by atoms with E-state index in [2.05, 4.69) is 9.80 Å². The van der Waals surface area contributed by atoms with Crippen molar-refractivity contribution in [3.8, 4) is 0 Å². The van der Waals surface area contributed by atoms with Gasteiger partial charge < -0.3 is 9.64 Å². The van der Waals surface area contributed by atoms with Crippen molar-refractivity contribution in [3.63, 3.8) is 0 Å². The van der Waals surface area contributed by atoms with Gasteiger partial charge in [0.25, 0.3) is 5.69 Å². The molecule has 2 aliphatic heterocycles. The first kappa shape index (κ1) is 18.4. The third-order valence-corrected chi connectivity index (χ3v) is 5.52. The minimum Gasteiger partial charge on any atom is -0.454 e. The number of esters is 1. The number of nitro benzene ring substituents is 1. The number of nitro groups is 1. The third-order valence-electron chi connectivity index (χ3n) is 5.52. The average Bonchev–Trinajstić information content (AvgIpc) is 3.05. The van der Waals surface area contributed by atoms with E-state index in [4.69, 9.17) is 4.74 Å². The van der Waals surface area contributed by atoms with Gasteiger partial charge in [0.15, 0.2) is 0 Å². The molecule has 2 aromatic rings. The molecule has 2 heterocycles. The summed E-state index contributed by atoms with van der Waals surface area (Å²) >= 11 is 0. The summed E-state index contributed by atoms with van der Waals surface area (Å²) in [6.45, 7) is 4.69. The number of fused-ring (bicyclic) bond motifs is 1. The molecule has 0 N–H and O–H groups in total. The molecule has 28 heavy (non-hydrogen) atoms. The van der Waals surface area contributed by atoms with Crippen molar-refractivity contribution in [1.29, 1.82) is 0 Å². The number of carbonyl (C=O) groups excluding carboxylic acids is 1. The number of benzene rings is 2. The van der Waals surface area contributed by atoms with Crippen LogP contribution in [-0.4, -0.2) is 48.5 Å². The van der Waals surface area contributed by atoms with Gasteiger partial charge in [0.1, 0.15) is 6.10 Å². The van der Waals surface area contributed by atoms with Crippen LogP contribution >= 0.6 is 0 Å². The number of anilines is 1. The Labute approximate surface area is 163 Å². The fourth-order valence-electron chi connectivity index (χ4n) is 3.95. The van der Waals surface area contributed by atoms with Crippen LogP contribution in [0.2, 0.25) is 0 Å². The Bertz CT molecular complexity index is 860. The molecular weight excluding hydrogens is 358 g/mol. The van der Waals surface area contributed by atoms with Crippen LogP contribution in [0.1, 0.15) is 34.9 Å². The molecule has 0 radical (unpaired) electrons. The molecule has 7 heteroatoms. The Balaban J connectivity index is 1.23. The van der Waals surface area contributed by atoms with Gasteiger partial charge in [-0.05, 0) is 37.6 Å². The molecule has 1 saturated heterocycles. The lowest BCUT2D eigenvalue weighted by Gasteiger charge is -2.36. The molecule has 2 aromatic carbocycles. The average molecular weight is 381 g/mol. The van der Waals surface area contributed by atoms with Gasteiger partial charge in [-0.1, -0.05) is 18.2 Å². The van der Waals surface area contributed by atoms with Crippen LogP contribution in [0.5, 0.6) is 0 Å². The lowest BCUT2D eigenvalue weighted by atomic mass is 10.0. The monoisotopic (exact) mass is 381 g/mol. The molecule has 1 fully saturated rings. The summed E-state index contributed by atoms with van der Waals surface area (Å²) in [5.74, 6) is -0.211. The van der Waals surface area contributed by atoms with Crippen LogP contribution in [-0.2, 0) is 4.74 Å². The highest BCUT2D eigenvalue weighted by atomic mass is 16.6. The first-order chi connectivity index (χ1) is 13.6. The van der Waals surface area contributed by atoms with E-state index in [9.17, 15) is 14.9 Å². The fraction of sp³-hybridized carbons (Fsp3) is 0.381. The standard InChI is InChI=1S/C21H23N3O4/c25-21-19-5-2-1-4-18(19)20(28-21)6-3-11-22-12-14-23(15-13-22)16-7-9-17(10-8-16)24(26)27/h1-2,4-5,7-10,20H,3,6,11-15H2. The van der Waals surface area contributed by atoms with Crippen molar-refractivity contribution in [2.45, 2.75) is 18.9 Å². The second-order valence-corrected chi connectivity index (χ2v) is 7.23. The largest absolute Gasteiger partial charge is 0.454 e. The first-order valence-corrected chi connectivity index (χ1v) is 9.63. The highest BCUT2D eigenvalue weighted by Gasteiger charge is 2.30. The molecule has 0 bridgehead atoms. The van der Waals surface area contributed by atoms with Gasteiger partial charge >= 0.3 is 5.97 Å². The Morgan fingerprint density at radius 2 is 1.75 bits per heavy atom. The Hall–Kier alpha value is -2.93. The number of nitrogens with zero attached hydrogens (tertiary/aromatic N) is 3. The second kappa shape index (κ2) is 7.98. The summed E-state index contributed by atoms with van der Waals surface area (Å²) < 4.78 is 5.51. The number of cyclic esters (lactones) is 1. The molecule has 0 aliphatic carbocycles. The zero-order valence-electron chi connectivity index (χ0n) is 15.6. The maximum absolute atomic E-state index is 11.9. The number of carbonyl (C=O) groups is 1. The van der Waals surface area contributed by atoms with E-state index in [0.717, 1.165) is 56.8 Å². The van der Waals surface area contributed by atoms with Crippen LogP contribution in [0.3, 0.4) is 0 Å². The summed E-state index contributed by atoms with van der Waals surface area (Å²) in [4.78, 5) is 27.0. The summed E-state index contributed by atoms with van der Waals surface area (Å²) in [5.41, 5.74) is 2.86. The van der Waals surface area contributed by atoms with Crippen molar-refractivity contribution in [1.82, 2.24) is 4.90 Å². The summed E-state index contributed by atoms with van der Waals surface area (Å²) in [6.07, 6.45) is 1.69. The number of piperazine rings is 1. The lowest BCUT2D eigenvalue weighted by Crippen LogP contribution is -2.46. The molecular formula is C21H23N3O4. The smallest absolute Gasteiger partial charge is 0.339 e. The van der Waals surface area contributed by atoms with E-state index in [1.807, 2.05) is 36.4 Å². The van der Waals surface area contributed by atoms with Crippen molar-refractivity contribution in [3.05, 3.63) is 69.8 Å². The van der Waals surface area contributed by atoms with Crippen LogP contribution in [0.15, 0.2) is 48.5 Å². The van der Waals surface area contributed by atoms with Gasteiger partial charge in [-0.25, -0.2) is 4.79 Å². The first-order valence-electron chi connectivity index (χ1n) is 9.63. The molecule has 0 saturated carbocycles. The Morgan fingerprint density at radius 3 is 2.46 bits per heavy atom. The molecule has 0 aromatic heterocycles. The summed E-state index contributed by atoms with van der Waals surface area (Å²) in [7, 11) is 0. The molecule has 0 amide bonds. The minimum absolute atomic E-state index is 0.120. The van der Waals surface area contributed by atoms with E-state index in [1.54, 1.807) is 12.1 Å². The normalized spacial score (nSPS) is 19.4. The Morgan fingerprint density at radius 1 is 1.04 bits per heavy atom. The SMILES string of the molecule is O=C1OC(CCCN2CCN(c3ccc([N+](=O)[O-])cc3)CC2)c2ccccc21. The zero-order valence-corrected chi connectivity index (χ0v) is 15.6. The summed E-state index contributed by atoms with van der Waals surface area (Å²) in [5, 5.41) is 10.8. The van der Waals surface area contributed by atoms with Crippen LogP contribution in [0, 0.1) is 10.1 Å². The maximum atomic E-state index is 11.9. The topological polar surface area (TPSA) is 75.9 Å². The van der Waals surface area contributed by atoms with Gasteiger partial charge in [-0.2, -0.15) is 0 Å². The molecule has 4 rings (SSSR count). The van der Waals surface area contributed by atoms with Crippen LogP contribution < -0.4 is 4.90 Å². The van der Waals surface area contributed by atoms with Crippen molar-refractivity contribution < 1.29 is 14.5 Å². The predicted molar refractivity (Wildman–Crippen MR) is 106 cm³/mol. The minimum atomic E-state index is -0.373. The number of ether oxygens (including phenoxy) is 1. The molecule has 2 aliphatic rings. The predicted octanol–water partition coefficient (Wildman–Crippen LogP) is 3.41. The maximum Gasteiger partial charge on any atom is 0.339 e. The van der Waals surface area contributed by atoms with Crippen molar-refractivity contribution in [2.75, 3.05) is 37.6 Å². The van der Waals surface area contributed by atoms with E-state index in [-0.39, 0.29) is 22.7 Å². The third kappa shape index (κ3) is 3.84. The second-order valence-electron chi connectivity index (χ2n) is 7.23. The van der Waals surface area contributed by atoms with E-state index in [0.29, 0.717) is 5.56 Å². The van der Waals surface area contributed by atoms with E-state index < -0.39 is 0 Å². The van der Waals surface area contributed by atoms with Gasteiger partial charge in [0.05, 0.1) is 10.5 Å². The van der Waals surface area contributed by atoms with Crippen molar-refractivity contribution in [2.24, 2.45) is 0 Å². The molecule has 1 atom stereocenters. The van der Waals surface area contributed by atoms with Gasteiger partial charge in [-0.15, -0.1) is 0 Å². The fourth-order valence-corrected chi connectivity index (χ4v) is 3.95. The number of non-ortho nitro benzene ring substituents is 1. The zero-order chi connectivity index (χ0) is 19.5. The molecule has 7 nitrogen and oxygen atoms in total. The molecule has 146 valence electrons. The quantitative estimate of drug-likeness (QED) is 0.434. The van der Waals surface area contributed by atoms with Crippen molar-refractivity contribution >= 4 is 17.3 Å². The van der Waals surface area contributed by atoms with Crippen LogP contribution in [0.25, 0.3) is 0 Å². The highest BCUT2D eigenvalue weighted by Crippen LogP contribution is 2.33. The molecule has 0 spiro atoms. The van der Waals surface area contributed by atoms with E-state index >= 15 is 0 Å². The molecule has 1 unspecified atom stereocenters. The summed E-state index contributed by atoms with van der Waals surface area (Å²) in [6, 6.07) is 14.4. The Kier molecular flexibility index (Phi) is 5.25. The van der Waals surface area contributed by atoms with Gasteiger partial charge in [0, 0.05) is 49.6 Å². The van der Waals surface area contributed by atoms with Crippen LogP contribution in [0.4, 0.5) is 11.4 Å². The highest BCUT2D eigenvalue weighted by molar-refractivity contribution is 5.93. The van der Waals surface area contributed by atoms with E-state index in [1.165, 1.54) is 0 Å².